The van der Waals surface area contributed by atoms with Gasteiger partial charge in [-0.3, -0.25) is 4.40 Å². The number of halogens is 6. The van der Waals surface area contributed by atoms with E-state index in [0.29, 0.717) is 11.1 Å². The van der Waals surface area contributed by atoms with Crippen LogP contribution in [-0.2, 0) is 12.4 Å². The third-order valence-corrected chi connectivity index (χ3v) is 4.55. The molecule has 0 amide bonds. The van der Waals surface area contributed by atoms with Crippen molar-refractivity contribution >= 4 is 27.8 Å². The van der Waals surface area contributed by atoms with Crippen molar-refractivity contribution in [3.05, 3.63) is 59.9 Å². The second-order valence-corrected chi connectivity index (χ2v) is 6.44. The normalized spacial score (nSPS) is 13.0. The molecule has 0 radical (unpaired) electrons. The Balaban J connectivity index is 1.90. The van der Waals surface area contributed by atoms with Crippen molar-refractivity contribution in [3.8, 4) is 11.6 Å². The average Bonchev–Trinajstić information content (AvgIpc) is 3.29. The van der Waals surface area contributed by atoms with Crippen molar-refractivity contribution in [1.82, 2.24) is 19.4 Å². The lowest BCUT2D eigenvalue weighted by molar-refractivity contribution is -0.144. The van der Waals surface area contributed by atoms with Crippen molar-refractivity contribution in [2.45, 2.75) is 12.4 Å². The summed E-state index contributed by atoms with van der Waals surface area (Å²) in [5, 5.41) is -0.502. The minimum absolute atomic E-state index is 0.00417. The number of oxazole rings is 1. The van der Waals surface area contributed by atoms with Gasteiger partial charge in [0, 0.05) is 5.39 Å². The maximum absolute atomic E-state index is 13.5. The van der Waals surface area contributed by atoms with E-state index in [1.165, 1.54) is 12.3 Å². The van der Waals surface area contributed by atoms with E-state index in [9.17, 15) is 26.3 Å². The van der Waals surface area contributed by atoms with Crippen LogP contribution in [0, 0.1) is 0 Å². The average molecular weight is 422 g/mol. The molecule has 0 saturated carbocycles. The molecule has 4 aromatic heterocycles. The quantitative estimate of drug-likeness (QED) is 0.324. The minimum atomic E-state index is -5.07. The number of hydrogen-bond donors (Lipinski definition) is 0. The minimum Gasteiger partial charge on any atom is -0.435 e. The van der Waals surface area contributed by atoms with Crippen LogP contribution in [0.4, 0.5) is 26.3 Å². The molecule has 0 aliphatic rings. The summed E-state index contributed by atoms with van der Waals surface area (Å²) in [4.78, 5) is 11.8. The van der Waals surface area contributed by atoms with Gasteiger partial charge < -0.3 is 4.42 Å². The number of rotatable bonds is 1. The van der Waals surface area contributed by atoms with Gasteiger partial charge >= 0.3 is 12.4 Å². The van der Waals surface area contributed by atoms with Gasteiger partial charge in [0.05, 0.1) is 11.8 Å². The van der Waals surface area contributed by atoms with Crippen LogP contribution in [0.3, 0.4) is 0 Å². The molecule has 0 spiro atoms. The zero-order chi connectivity index (χ0) is 21.3. The van der Waals surface area contributed by atoms with Crippen molar-refractivity contribution in [3.63, 3.8) is 0 Å². The lowest BCUT2D eigenvalue weighted by Crippen LogP contribution is -2.14. The molecule has 152 valence electrons. The Morgan fingerprint density at radius 1 is 0.867 bits per heavy atom. The second kappa shape index (κ2) is 5.94. The monoisotopic (exact) mass is 422 g/mol. The highest BCUT2D eigenvalue weighted by Crippen LogP contribution is 2.39. The zero-order valence-corrected chi connectivity index (χ0v) is 14.6. The van der Waals surface area contributed by atoms with Crippen LogP contribution in [-0.4, -0.2) is 19.4 Å². The van der Waals surface area contributed by atoms with Crippen LogP contribution < -0.4 is 0 Å². The van der Waals surface area contributed by atoms with Crippen LogP contribution in [0.1, 0.15) is 11.3 Å². The Bertz CT molecular complexity index is 1400. The maximum atomic E-state index is 13.5. The van der Waals surface area contributed by atoms with E-state index in [1.807, 2.05) is 0 Å². The van der Waals surface area contributed by atoms with Gasteiger partial charge in [-0.15, -0.1) is 0 Å². The molecule has 0 aliphatic carbocycles. The van der Waals surface area contributed by atoms with Crippen LogP contribution in [0.2, 0.25) is 0 Å². The van der Waals surface area contributed by atoms with E-state index in [-0.39, 0.29) is 23.3 Å². The molecule has 5 rings (SSSR count). The first kappa shape index (κ1) is 18.4. The molecule has 11 heteroatoms. The van der Waals surface area contributed by atoms with Crippen LogP contribution >= 0.6 is 0 Å². The van der Waals surface area contributed by atoms with Crippen LogP contribution in [0.15, 0.2) is 53.1 Å². The van der Waals surface area contributed by atoms with E-state index in [4.69, 9.17) is 4.42 Å². The molecule has 0 atom stereocenters. The Labute approximate surface area is 162 Å². The van der Waals surface area contributed by atoms with Crippen molar-refractivity contribution in [2.75, 3.05) is 0 Å². The van der Waals surface area contributed by atoms with Gasteiger partial charge in [-0.2, -0.15) is 26.3 Å². The molecule has 5 nitrogen and oxygen atoms in total. The molecule has 1 aromatic carbocycles. The van der Waals surface area contributed by atoms with E-state index < -0.39 is 34.6 Å². The number of alkyl halides is 6. The third kappa shape index (κ3) is 2.77. The predicted molar refractivity (Wildman–Crippen MR) is 93.5 cm³/mol. The van der Waals surface area contributed by atoms with E-state index in [2.05, 4.69) is 15.0 Å². The topological polar surface area (TPSA) is 56.2 Å². The first-order valence-electron chi connectivity index (χ1n) is 8.44. The van der Waals surface area contributed by atoms with Crippen LogP contribution in [0.5, 0.6) is 0 Å². The Hall–Kier alpha value is -3.63. The van der Waals surface area contributed by atoms with E-state index >= 15 is 0 Å². The highest BCUT2D eigenvalue weighted by molar-refractivity contribution is 5.85. The number of nitrogens with zero attached hydrogens (tertiary/aromatic N) is 4. The number of hydrogen-bond acceptors (Lipinski definition) is 4. The molecular weight excluding hydrogens is 414 g/mol. The molecule has 0 saturated heterocycles. The van der Waals surface area contributed by atoms with Gasteiger partial charge in [0.2, 0.25) is 5.89 Å². The predicted octanol–water partition coefficient (Wildman–Crippen LogP) is 5.73. The summed E-state index contributed by atoms with van der Waals surface area (Å²) in [6, 6.07) is 9.02. The van der Waals surface area contributed by atoms with Gasteiger partial charge in [0.15, 0.2) is 5.58 Å². The van der Waals surface area contributed by atoms with E-state index in [1.54, 1.807) is 24.3 Å². The fourth-order valence-corrected chi connectivity index (χ4v) is 3.25. The fourth-order valence-electron chi connectivity index (χ4n) is 3.25. The molecule has 0 fully saturated rings. The zero-order valence-electron chi connectivity index (χ0n) is 14.6. The molecule has 0 aliphatic heterocycles. The Morgan fingerprint density at radius 3 is 2.33 bits per heavy atom. The van der Waals surface area contributed by atoms with Gasteiger partial charge in [0.25, 0.3) is 0 Å². The molecule has 4 heterocycles. The van der Waals surface area contributed by atoms with Gasteiger partial charge in [0.1, 0.15) is 28.2 Å². The second-order valence-electron chi connectivity index (χ2n) is 6.44. The van der Waals surface area contributed by atoms with Gasteiger partial charge in [-0.25, -0.2) is 15.0 Å². The number of benzene rings is 1. The maximum Gasteiger partial charge on any atom is 0.433 e. The van der Waals surface area contributed by atoms with Crippen LogP contribution in [0.25, 0.3) is 39.4 Å². The summed E-state index contributed by atoms with van der Waals surface area (Å²) in [5.74, 6) is -0.0102. The summed E-state index contributed by atoms with van der Waals surface area (Å²) in [5.41, 5.74) is -2.60. The third-order valence-electron chi connectivity index (χ3n) is 4.55. The van der Waals surface area contributed by atoms with Gasteiger partial charge in [-0.1, -0.05) is 12.1 Å². The number of imidazole rings is 1. The standard InChI is InChI=1S/C19H8F6N4O/c20-18(21,22)10-7-14(19(23,24)25)28-16-9(10)5-6-15-26-8-12(29(15)16)17-27-11-3-1-2-4-13(11)30-17/h1-8H. The van der Waals surface area contributed by atoms with Gasteiger partial charge in [-0.05, 0) is 30.3 Å². The summed E-state index contributed by atoms with van der Waals surface area (Å²) in [6.07, 6.45) is -8.84. The first-order chi connectivity index (χ1) is 14.1. The fraction of sp³-hybridized carbons (Fsp3) is 0.105. The molecule has 0 unspecified atom stereocenters. The largest absolute Gasteiger partial charge is 0.435 e. The summed E-state index contributed by atoms with van der Waals surface area (Å²) in [6.45, 7) is 0. The van der Waals surface area contributed by atoms with Crippen molar-refractivity contribution in [2.24, 2.45) is 0 Å². The molecule has 0 N–H and O–H groups in total. The number of fused-ring (bicyclic) bond motifs is 4. The van der Waals surface area contributed by atoms with E-state index in [0.717, 1.165) is 10.5 Å². The number of para-hydroxylation sites is 2. The summed E-state index contributed by atoms with van der Waals surface area (Å²) >= 11 is 0. The highest BCUT2D eigenvalue weighted by atomic mass is 19.4. The smallest absolute Gasteiger partial charge is 0.433 e. The molecular formula is C19H8F6N4O. The highest BCUT2D eigenvalue weighted by Gasteiger charge is 2.39. The lowest BCUT2D eigenvalue weighted by atomic mass is 10.1. The van der Waals surface area contributed by atoms with Crippen molar-refractivity contribution in [1.29, 1.82) is 0 Å². The Kier molecular flexibility index (Phi) is 3.64. The molecule has 5 aromatic rings. The number of aromatic nitrogens is 4. The SMILES string of the molecule is FC(F)(F)c1cc(C(F)(F)F)c2ccc3ncc(-c4nc5ccccc5o4)n3c2n1. The lowest BCUT2D eigenvalue weighted by Gasteiger charge is -2.15. The molecule has 0 bridgehead atoms. The summed E-state index contributed by atoms with van der Waals surface area (Å²) in [7, 11) is 0. The Morgan fingerprint density at radius 2 is 1.63 bits per heavy atom. The molecule has 30 heavy (non-hydrogen) atoms. The summed E-state index contributed by atoms with van der Waals surface area (Å²) < 4.78 is 87.1. The number of pyridine rings is 2. The first-order valence-corrected chi connectivity index (χ1v) is 8.44. The van der Waals surface area contributed by atoms with Crippen molar-refractivity contribution < 1.29 is 30.8 Å².